The van der Waals surface area contributed by atoms with Crippen molar-refractivity contribution in [3.8, 4) is 23.7 Å². The van der Waals surface area contributed by atoms with E-state index in [1.54, 1.807) is 0 Å². The third-order valence-electron chi connectivity index (χ3n) is 1.80. The minimum absolute atomic E-state index is 0.384. The molecule has 4 nitrogen and oxygen atoms in total. The van der Waals surface area contributed by atoms with Gasteiger partial charge in [-0.2, -0.15) is 13.2 Å². The number of halogens is 3. The molecule has 0 saturated carbocycles. The second-order valence-electron chi connectivity index (χ2n) is 3.39. The van der Waals surface area contributed by atoms with E-state index in [9.17, 15) is 13.2 Å². The van der Waals surface area contributed by atoms with E-state index in [1.165, 1.54) is 0 Å². The highest BCUT2D eigenvalue weighted by molar-refractivity contribution is 5.73. The van der Waals surface area contributed by atoms with E-state index in [2.05, 4.69) is 23.7 Å². The monoisotopic (exact) mass is 298 g/mol. The van der Waals surface area contributed by atoms with Gasteiger partial charge in [0.2, 0.25) is 0 Å². The molecule has 7 heteroatoms. The number of nitrogens with two attached hydrogens (primary N) is 2. The quantitative estimate of drug-likeness (QED) is 0.622. The third-order valence-corrected chi connectivity index (χ3v) is 1.80. The normalized spacial score (nSPS) is 9.19. The van der Waals surface area contributed by atoms with E-state index < -0.39 is 12.1 Å². The second-order valence-corrected chi connectivity index (χ2v) is 3.39. The molecule has 1 aromatic carbocycles. The fourth-order valence-electron chi connectivity index (χ4n) is 0.943. The van der Waals surface area contributed by atoms with Gasteiger partial charge in [0.25, 0.3) is 0 Å². The summed E-state index contributed by atoms with van der Waals surface area (Å²) in [6.45, 7) is 0.767. The van der Waals surface area contributed by atoms with E-state index in [0.29, 0.717) is 13.1 Å². The highest BCUT2D eigenvalue weighted by Crippen LogP contribution is 2.13. The van der Waals surface area contributed by atoms with Crippen LogP contribution in [0.2, 0.25) is 0 Å². The van der Waals surface area contributed by atoms with Crippen LogP contribution in [-0.4, -0.2) is 30.3 Å². The van der Waals surface area contributed by atoms with E-state index in [1.807, 2.05) is 24.3 Å². The summed E-state index contributed by atoms with van der Waals surface area (Å²) < 4.78 is 31.7. The molecule has 0 fully saturated rings. The van der Waals surface area contributed by atoms with Crippen molar-refractivity contribution in [2.24, 2.45) is 11.5 Å². The van der Waals surface area contributed by atoms with Crippen molar-refractivity contribution >= 4 is 5.97 Å². The van der Waals surface area contributed by atoms with E-state index in [4.69, 9.17) is 21.4 Å². The van der Waals surface area contributed by atoms with Crippen molar-refractivity contribution < 1.29 is 23.1 Å². The molecule has 0 amide bonds. The number of rotatable bonds is 0. The Hall–Kier alpha value is -2.48. The molecule has 5 N–H and O–H groups in total. The number of hydrogen-bond acceptors (Lipinski definition) is 3. The van der Waals surface area contributed by atoms with Crippen LogP contribution in [0.15, 0.2) is 24.3 Å². The first-order chi connectivity index (χ1) is 9.81. The fraction of sp³-hybridized carbons (Fsp3) is 0.214. The minimum atomic E-state index is -5.08. The lowest BCUT2D eigenvalue weighted by Crippen LogP contribution is -2.21. The predicted octanol–water partition coefficient (Wildman–Crippen LogP) is 0.940. The van der Waals surface area contributed by atoms with Gasteiger partial charge < -0.3 is 16.6 Å². The van der Waals surface area contributed by atoms with Gasteiger partial charge in [0.1, 0.15) is 0 Å². The van der Waals surface area contributed by atoms with Gasteiger partial charge in [0.05, 0.1) is 13.1 Å². The summed E-state index contributed by atoms with van der Waals surface area (Å²) in [5.41, 5.74) is 12.4. The first-order valence-electron chi connectivity index (χ1n) is 5.59. The maximum absolute atomic E-state index is 10.6. The van der Waals surface area contributed by atoms with Crippen molar-refractivity contribution in [2.45, 2.75) is 6.18 Å². The van der Waals surface area contributed by atoms with Gasteiger partial charge in [0.15, 0.2) is 0 Å². The van der Waals surface area contributed by atoms with Crippen LogP contribution in [0.4, 0.5) is 13.2 Å². The van der Waals surface area contributed by atoms with Gasteiger partial charge in [0, 0.05) is 11.1 Å². The highest BCUT2D eigenvalue weighted by atomic mass is 19.4. The lowest BCUT2D eigenvalue weighted by atomic mass is 10.1. The molecule has 0 aliphatic heterocycles. The summed E-state index contributed by atoms with van der Waals surface area (Å²) in [5.74, 6) is 8.70. The molecule has 21 heavy (non-hydrogen) atoms. The second kappa shape index (κ2) is 9.43. The Morgan fingerprint density at radius 3 is 1.48 bits per heavy atom. The van der Waals surface area contributed by atoms with Crippen LogP contribution < -0.4 is 11.5 Å². The number of carboxylic acids is 1. The number of carboxylic acid groups (broad SMARTS) is 1. The van der Waals surface area contributed by atoms with E-state index in [0.717, 1.165) is 11.1 Å². The Morgan fingerprint density at radius 1 is 1.00 bits per heavy atom. The largest absolute Gasteiger partial charge is 0.490 e. The van der Waals surface area contributed by atoms with Gasteiger partial charge in [-0.3, -0.25) is 0 Å². The van der Waals surface area contributed by atoms with Crippen LogP contribution in [0.25, 0.3) is 0 Å². The van der Waals surface area contributed by atoms with Crippen LogP contribution in [0.1, 0.15) is 11.1 Å². The van der Waals surface area contributed by atoms with Crippen LogP contribution in [0.3, 0.4) is 0 Å². The molecular weight excluding hydrogens is 285 g/mol. The molecule has 1 aromatic rings. The Labute approximate surface area is 119 Å². The fourth-order valence-corrected chi connectivity index (χ4v) is 0.943. The summed E-state index contributed by atoms with van der Waals surface area (Å²) in [4.78, 5) is 8.90. The number of carbonyl (C=O) groups is 1. The van der Waals surface area contributed by atoms with Crippen molar-refractivity contribution in [1.82, 2.24) is 0 Å². The predicted molar refractivity (Wildman–Crippen MR) is 72.0 cm³/mol. The maximum Gasteiger partial charge on any atom is 0.490 e. The van der Waals surface area contributed by atoms with Gasteiger partial charge in [-0.1, -0.05) is 23.7 Å². The molecule has 1 rings (SSSR count). The summed E-state index contributed by atoms with van der Waals surface area (Å²) in [6.07, 6.45) is -5.08. The Morgan fingerprint density at radius 2 is 1.29 bits per heavy atom. The summed E-state index contributed by atoms with van der Waals surface area (Å²) in [6, 6.07) is 7.68. The van der Waals surface area contributed by atoms with Crippen LogP contribution in [0.5, 0.6) is 0 Å². The summed E-state index contributed by atoms with van der Waals surface area (Å²) >= 11 is 0. The summed E-state index contributed by atoms with van der Waals surface area (Å²) in [7, 11) is 0. The number of aliphatic carboxylic acids is 1. The molecule has 0 heterocycles. The third kappa shape index (κ3) is 9.11. The summed E-state index contributed by atoms with van der Waals surface area (Å²) in [5, 5.41) is 7.12. The van der Waals surface area contributed by atoms with Crippen molar-refractivity contribution in [3.63, 3.8) is 0 Å². The van der Waals surface area contributed by atoms with E-state index >= 15 is 0 Å². The molecule has 0 atom stereocenters. The molecule has 112 valence electrons. The van der Waals surface area contributed by atoms with Gasteiger partial charge in [-0.25, -0.2) is 4.79 Å². The first kappa shape index (κ1) is 18.5. The standard InChI is InChI=1S/C12H12N2.C2HF3O2/c13-9-1-3-11-5-7-12(8-6-11)4-2-10-14;3-2(4,5)1(6)7/h5-8H,9-10,13-14H2;(H,6,7). The molecule has 0 bridgehead atoms. The minimum Gasteiger partial charge on any atom is -0.475 e. The number of hydrogen-bond donors (Lipinski definition) is 3. The highest BCUT2D eigenvalue weighted by Gasteiger charge is 2.38. The van der Waals surface area contributed by atoms with Gasteiger partial charge in [-0.15, -0.1) is 0 Å². The zero-order valence-electron chi connectivity index (χ0n) is 10.9. The molecule has 0 unspecified atom stereocenters. The average Bonchev–Trinajstić information content (AvgIpc) is 2.43. The molecule has 0 aliphatic carbocycles. The molecule has 0 spiro atoms. The van der Waals surface area contributed by atoms with Crippen LogP contribution in [0, 0.1) is 23.7 Å². The van der Waals surface area contributed by atoms with Gasteiger partial charge >= 0.3 is 12.1 Å². The Bertz CT molecular complexity index is 532. The molecule has 0 aromatic heterocycles. The maximum atomic E-state index is 10.6. The molecular formula is C14H13F3N2O2. The number of alkyl halides is 3. The lowest BCUT2D eigenvalue weighted by Gasteiger charge is -1.93. The zero-order chi connectivity index (χ0) is 16.3. The average molecular weight is 298 g/mol. The Kier molecular flexibility index (Phi) is 8.31. The molecule has 0 saturated heterocycles. The molecule has 0 radical (unpaired) electrons. The van der Waals surface area contributed by atoms with Crippen molar-refractivity contribution in [2.75, 3.05) is 13.1 Å². The van der Waals surface area contributed by atoms with Crippen LogP contribution >= 0.6 is 0 Å². The van der Waals surface area contributed by atoms with Crippen LogP contribution in [-0.2, 0) is 4.79 Å². The van der Waals surface area contributed by atoms with E-state index in [-0.39, 0.29) is 0 Å². The number of benzene rings is 1. The molecule has 0 aliphatic rings. The Balaban J connectivity index is 0.000000486. The topological polar surface area (TPSA) is 89.3 Å². The lowest BCUT2D eigenvalue weighted by molar-refractivity contribution is -0.192. The zero-order valence-corrected chi connectivity index (χ0v) is 10.9. The van der Waals surface area contributed by atoms with Crippen molar-refractivity contribution in [1.29, 1.82) is 0 Å². The van der Waals surface area contributed by atoms with Crippen molar-refractivity contribution in [3.05, 3.63) is 35.4 Å². The first-order valence-corrected chi connectivity index (χ1v) is 5.59. The SMILES string of the molecule is NCC#Cc1ccc(C#CCN)cc1.O=C(O)C(F)(F)F. The smallest absolute Gasteiger partial charge is 0.475 e. The van der Waals surface area contributed by atoms with Gasteiger partial charge in [-0.05, 0) is 24.3 Å².